The fourth-order valence-corrected chi connectivity index (χ4v) is 4.17. The van der Waals surface area contributed by atoms with Crippen LogP contribution in [0.4, 0.5) is 0 Å². The molecule has 0 aliphatic heterocycles. The average molecular weight is 435 g/mol. The highest BCUT2D eigenvalue weighted by Gasteiger charge is 2.33. The molecule has 1 amide bonds. The molecule has 3 N–H and O–H groups in total. The van der Waals surface area contributed by atoms with Crippen molar-refractivity contribution in [2.75, 3.05) is 11.6 Å². The van der Waals surface area contributed by atoms with Crippen LogP contribution in [0.5, 0.6) is 0 Å². The number of carbonyl (C=O) groups excluding carboxylic acids is 1. The van der Waals surface area contributed by atoms with Gasteiger partial charge in [0.25, 0.3) is 0 Å². The fraction of sp³-hybridized carbons (Fsp3) is 0.412. The maximum absolute atomic E-state index is 12.3. The Kier molecular flexibility index (Phi) is 5.84. The van der Waals surface area contributed by atoms with E-state index in [9.17, 15) is 10.1 Å². The van der Waals surface area contributed by atoms with E-state index in [0.29, 0.717) is 23.8 Å². The predicted molar refractivity (Wildman–Crippen MR) is 104 cm³/mol. The number of thioether (sulfide) groups is 1. The van der Waals surface area contributed by atoms with Crippen LogP contribution in [0.3, 0.4) is 0 Å². The number of hydrogen-bond acceptors (Lipinski definition) is 6. The van der Waals surface area contributed by atoms with E-state index in [2.05, 4.69) is 37.5 Å². The molecule has 26 heavy (non-hydrogen) atoms. The Labute approximate surface area is 164 Å². The first-order valence-electron chi connectivity index (χ1n) is 8.35. The van der Waals surface area contributed by atoms with Gasteiger partial charge in [0.15, 0.2) is 5.82 Å². The summed E-state index contributed by atoms with van der Waals surface area (Å²) in [5, 5.41) is 21.0. The van der Waals surface area contributed by atoms with Crippen LogP contribution >= 0.6 is 27.7 Å². The maximum atomic E-state index is 12.3. The minimum absolute atomic E-state index is 0.134. The van der Waals surface area contributed by atoms with Gasteiger partial charge in [0.2, 0.25) is 11.1 Å². The van der Waals surface area contributed by atoms with E-state index in [1.165, 1.54) is 16.4 Å². The Morgan fingerprint density at radius 2 is 2.08 bits per heavy atom. The summed E-state index contributed by atoms with van der Waals surface area (Å²) < 4.78 is 2.24. The third kappa shape index (κ3) is 4.02. The second-order valence-electron chi connectivity index (χ2n) is 6.25. The number of nitrogen functional groups attached to an aromatic ring is 1. The number of carbonyl (C=O) groups is 1. The molecule has 0 radical (unpaired) electrons. The normalized spacial score (nSPS) is 16.0. The summed E-state index contributed by atoms with van der Waals surface area (Å²) >= 11 is 4.67. The summed E-state index contributed by atoms with van der Waals surface area (Å²) in [5.41, 5.74) is 0.0937. The molecule has 0 saturated heterocycles. The van der Waals surface area contributed by atoms with Gasteiger partial charge in [-0.2, -0.15) is 5.26 Å². The van der Waals surface area contributed by atoms with Gasteiger partial charge >= 0.3 is 0 Å². The van der Waals surface area contributed by atoms with Gasteiger partial charge in [0.1, 0.15) is 5.54 Å². The number of aromatic nitrogens is 3. The van der Waals surface area contributed by atoms with Crippen LogP contribution in [0.15, 0.2) is 33.9 Å². The zero-order chi connectivity index (χ0) is 18.6. The molecule has 1 aliphatic rings. The van der Waals surface area contributed by atoms with Crippen LogP contribution in [0.2, 0.25) is 0 Å². The number of nitrogens with zero attached hydrogens (tertiary/aromatic N) is 4. The SMILES string of the molecule is N#CC1(NC(=O)CSc2nnc(-c3ccccc3Br)n2N)CCCCC1. The van der Waals surface area contributed by atoms with Crippen molar-refractivity contribution in [2.24, 2.45) is 0 Å². The number of benzene rings is 1. The molecule has 2 aromatic rings. The van der Waals surface area contributed by atoms with Gasteiger partial charge < -0.3 is 11.2 Å². The van der Waals surface area contributed by atoms with Gasteiger partial charge in [0, 0.05) is 10.0 Å². The Balaban J connectivity index is 1.64. The molecule has 1 fully saturated rings. The standard InChI is InChI=1S/C17H19BrN6OS/c18-13-7-3-2-6-12(13)15-22-23-16(24(15)20)26-10-14(25)21-17(11-19)8-4-1-5-9-17/h2-3,6-7H,1,4-5,8-10,20H2,(H,21,25). The molecule has 3 rings (SSSR count). The molecular weight excluding hydrogens is 416 g/mol. The van der Waals surface area contributed by atoms with Gasteiger partial charge in [-0.25, -0.2) is 4.68 Å². The van der Waals surface area contributed by atoms with Crippen molar-refractivity contribution < 1.29 is 4.79 Å². The molecule has 1 aliphatic carbocycles. The summed E-state index contributed by atoms with van der Waals surface area (Å²) in [7, 11) is 0. The number of halogens is 1. The number of rotatable bonds is 5. The average Bonchev–Trinajstić information content (AvgIpc) is 3.01. The molecule has 7 nitrogen and oxygen atoms in total. The molecular formula is C17H19BrN6OS. The van der Waals surface area contributed by atoms with Crippen molar-refractivity contribution in [3.05, 3.63) is 28.7 Å². The first kappa shape index (κ1) is 18.7. The Morgan fingerprint density at radius 3 is 2.77 bits per heavy atom. The predicted octanol–water partition coefficient (Wildman–Crippen LogP) is 2.86. The van der Waals surface area contributed by atoms with Crippen molar-refractivity contribution in [3.8, 4) is 17.5 Å². The third-order valence-corrected chi connectivity index (χ3v) is 6.05. The van der Waals surface area contributed by atoms with Gasteiger partial charge in [0.05, 0.1) is 11.8 Å². The molecule has 9 heteroatoms. The van der Waals surface area contributed by atoms with Crippen molar-refractivity contribution in [3.63, 3.8) is 0 Å². The monoisotopic (exact) mass is 434 g/mol. The van der Waals surface area contributed by atoms with Crippen molar-refractivity contribution in [1.29, 1.82) is 5.26 Å². The van der Waals surface area contributed by atoms with E-state index in [4.69, 9.17) is 5.84 Å². The lowest BCUT2D eigenvalue weighted by atomic mass is 9.83. The molecule has 1 heterocycles. The lowest BCUT2D eigenvalue weighted by Gasteiger charge is -2.31. The van der Waals surface area contributed by atoms with Gasteiger partial charge in [-0.3, -0.25) is 4.79 Å². The Bertz CT molecular complexity index is 840. The van der Waals surface area contributed by atoms with Crippen LogP contribution in [-0.2, 0) is 4.79 Å². The molecule has 1 aromatic carbocycles. The van der Waals surface area contributed by atoms with Gasteiger partial charge in [-0.05, 0) is 25.0 Å². The fourth-order valence-electron chi connectivity index (χ4n) is 3.05. The number of nitrogens with one attached hydrogen (secondary N) is 1. The van der Waals surface area contributed by atoms with Crippen molar-refractivity contribution >= 4 is 33.6 Å². The van der Waals surface area contributed by atoms with Crippen molar-refractivity contribution in [1.82, 2.24) is 20.2 Å². The van der Waals surface area contributed by atoms with Crippen LogP contribution in [0, 0.1) is 11.3 Å². The first-order valence-corrected chi connectivity index (χ1v) is 10.1. The minimum Gasteiger partial charge on any atom is -0.337 e. The molecule has 0 bridgehead atoms. The molecule has 0 unspecified atom stereocenters. The summed E-state index contributed by atoms with van der Waals surface area (Å²) in [6, 6.07) is 9.86. The highest BCUT2D eigenvalue weighted by atomic mass is 79.9. The number of hydrogen-bond donors (Lipinski definition) is 2. The van der Waals surface area contributed by atoms with E-state index in [0.717, 1.165) is 29.3 Å². The smallest absolute Gasteiger partial charge is 0.231 e. The van der Waals surface area contributed by atoms with Crippen LogP contribution in [-0.4, -0.2) is 32.1 Å². The highest BCUT2D eigenvalue weighted by molar-refractivity contribution is 9.10. The zero-order valence-corrected chi connectivity index (χ0v) is 16.5. The van der Waals surface area contributed by atoms with Crippen LogP contribution < -0.4 is 11.2 Å². The number of amides is 1. The Hall–Kier alpha value is -2.05. The van der Waals surface area contributed by atoms with E-state index in [1.54, 1.807) is 0 Å². The van der Waals surface area contributed by atoms with Gasteiger partial charge in [-0.15, -0.1) is 10.2 Å². The highest BCUT2D eigenvalue weighted by Crippen LogP contribution is 2.29. The van der Waals surface area contributed by atoms with Gasteiger partial charge in [-0.1, -0.05) is 59.1 Å². The summed E-state index contributed by atoms with van der Waals surface area (Å²) in [6.07, 6.45) is 4.46. The first-order chi connectivity index (χ1) is 12.5. The number of nitrogens with two attached hydrogens (primary N) is 1. The molecule has 1 saturated carbocycles. The molecule has 1 aromatic heterocycles. The lowest BCUT2D eigenvalue weighted by molar-refractivity contribution is -0.120. The summed E-state index contributed by atoms with van der Waals surface area (Å²) in [6.45, 7) is 0. The topological polar surface area (TPSA) is 110 Å². The molecule has 0 spiro atoms. The largest absolute Gasteiger partial charge is 0.337 e. The zero-order valence-electron chi connectivity index (χ0n) is 14.1. The Morgan fingerprint density at radius 1 is 1.35 bits per heavy atom. The molecule has 136 valence electrons. The lowest BCUT2D eigenvalue weighted by Crippen LogP contribution is -2.49. The summed E-state index contributed by atoms with van der Waals surface area (Å²) in [5.74, 6) is 6.55. The third-order valence-electron chi connectivity index (χ3n) is 4.41. The quantitative estimate of drug-likeness (QED) is 0.552. The summed E-state index contributed by atoms with van der Waals surface area (Å²) in [4.78, 5) is 12.3. The number of nitriles is 1. The maximum Gasteiger partial charge on any atom is 0.231 e. The van der Waals surface area contributed by atoms with Crippen LogP contribution in [0.25, 0.3) is 11.4 Å². The minimum atomic E-state index is -0.730. The van der Waals surface area contributed by atoms with E-state index in [-0.39, 0.29) is 11.7 Å². The molecule has 0 atom stereocenters. The second kappa shape index (κ2) is 8.10. The van der Waals surface area contributed by atoms with E-state index in [1.807, 2.05) is 24.3 Å². The van der Waals surface area contributed by atoms with E-state index < -0.39 is 5.54 Å². The second-order valence-corrected chi connectivity index (χ2v) is 8.04. The van der Waals surface area contributed by atoms with E-state index >= 15 is 0 Å². The van der Waals surface area contributed by atoms with Crippen LogP contribution in [0.1, 0.15) is 32.1 Å². The van der Waals surface area contributed by atoms with Crippen molar-refractivity contribution in [2.45, 2.75) is 42.8 Å².